The molecular formula is C30H25N3O2. The van der Waals surface area contributed by atoms with Crippen LogP contribution in [0.25, 0.3) is 0 Å². The Morgan fingerprint density at radius 3 is 1.40 bits per heavy atom. The van der Waals surface area contributed by atoms with Gasteiger partial charge in [-0.15, -0.1) is 0 Å². The van der Waals surface area contributed by atoms with Gasteiger partial charge >= 0.3 is 0 Å². The van der Waals surface area contributed by atoms with E-state index < -0.39 is 0 Å². The van der Waals surface area contributed by atoms with E-state index in [0.717, 1.165) is 11.1 Å². The average molecular weight is 460 g/mol. The number of ether oxygens (including phenoxy) is 1. The number of hydrogen-bond acceptors (Lipinski definition) is 2. The van der Waals surface area contributed by atoms with Gasteiger partial charge in [0.05, 0.1) is 6.61 Å². The minimum atomic E-state index is -0.377. The first kappa shape index (κ1) is 23.5. The minimum absolute atomic E-state index is 0.269. The highest BCUT2D eigenvalue weighted by atomic mass is 16.5. The molecule has 5 nitrogen and oxygen atoms in total. The Hall–Kier alpha value is -4.64. The van der Waals surface area contributed by atoms with Crippen LogP contribution in [-0.2, 0) is 4.74 Å². The van der Waals surface area contributed by atoms with E-state index >= 15 is 0 Å². The number of hydrogen-bond donors (Lipinski definition) is 0. The second-order valence-electron chi connectivity index (χ2n) is 7.49. The quantitative estimate of drug-likeness (QED) is 0.263. The highest BCUT2D eigenvalue weighted by molar-refractivity contribution is 6.18. The lowest BCUT2D eigenvalue weighted by atomic mass is 10.1. The Kier molecular flexibility index (Phi) is 8.06. The molecule has 0 bridgehead atoms. The average Bonchev–Trinajstić information content (AvgIpc) is 2.93. The second kappa shape index (κ2) is 12.0. The van der Waals surface area contributed by atoms with Gasteiger partial charge < -0.3 is 4.74 Å². The third-order valence-electron chi connectivity index (χ3n) is 5.01. The molecule has 0 aliphatic carbocycles. The van der Waals surface area contributed by atoms with Gasteiger partial charge in [0, 0.05) is 22.3 Å². The predicted octanol–water partition coefficient (Wildman–Crippen LogP) is 6.20. The zero-order valence-corrected chi connectivity index (χ0v) is 19.4. The number of carbonyl (C=O) groups excluding carboxylic acids is 1. The van der Waals surface area contributed by atoms with Crippen LogP contribution in [0, 0.1) is 0 Å². The summed E-state index contributed by atoms with van der Waals surface area (Å²) >= 11 is 0. The highest BCUT2D eigenvalue weighted by Gasteiger charge is 2.13. The van der Waals surface area contributed by atoms with E-state index in [9.17, 15) is 4.79 Å². The van der Waals surface area contributed by atoms with Gasteiger partial charge in [0.1, 0.15) is 0 Å². The number of benzene rings is 4. The van der Waals surface area contributed by atoms with Crippen molar-refractivity contribution in [3.63, 3.8) is 0 Å². The summed E-state index contributed by atoms with van der Waals surface area (Å²) in [4.78, 5) is 27.0. The first-order valence-electron chi connectivity index (χ1n) is 11.4. The molecule has 0 fully saturated rings. The molecule has 4 rings (SSSR count). The second-order valence-corrected chi connectivity index (χ2v) is 7.49. The lowest BCUT2D eigenvalue weighted by molar-refractivity contribution is 0.100. The molecule has 0 aromatic heterocycles. The molecule has 0 radical (unpaired) electrons. The molecule has 35 heavy (non-hydrogen) atoms. The molecule has 0 saturated heterocycles. The topological polar surface area (TPSA) is 63.4 Å². The molecule has 0 spiro atoms. The van der Waals surface area contributed by atoms with E-state index in [2.05, 4.69) is 4.99 Å². The minimum Gasteiger partial charge on any atom is -0.477 e. The molecule has 0 aliphatic heterocycles. The first-order chi connectivity index (χ1) is 17.2. The highest BCUT2D eigenvalue weighted by Crippen LogP contribution is 2.12. The Morgan fingerprint density at radius 2 is 0.943 bits per heavy atom. The van der Waals surface area contributed by atoms with Crippen LogP contribution in [-0.4, -0.2) is 30.1 Å². The van der Waals surface area contributed by atoms with E-state index in [1.807, 2.05) is 116 Å². The number of amides is 1. The van der Waals surface area contributed by atoms with Gasteiger partial charge in [-0.1, -0.05) is 97.1 Å². The van der Waals surface area contributed by atoms with E-state index in [1.165, 1.54) is 0 Å². The third kappa shape index (κ3) is 6.45. The molecule has 4 aromatic carbocycles. The maximum Gasteiger partial charge on any atom is 0.279 e. The summed E-state index contributed by atoms with van der Waals surface area (Å²) in [5.41, 5.74) is 2.80. The molecule has 1 amide bonds. The largest absolute Gasteiger partial charge is 0.477 e. The molecule has 4 aromatic rings. The number of carbonyl (C=O) groups is 1. The van der Waals surface area contributed by atoms with Crippen molar-refractivity contribution in [3.8, 4) is 0 Å². The van der Waals surface area contributed by atoms with Crippen molar-refractivity contribution in [3.05, 3.63) is 144 Å². The Morgan fingerprint density at radius 1 is 0.543 bits per heavy atom. The fourth-order valence-corrected chi connectivity index (χ4v) is 3.32. The van der Waals surface area contributed by atoms with Crippen molar-refractivity contribution < 1.29 is 9.53 Å². The maximum atomic E-state index is 13.0. The molecule has 0 unspecified atom stereocenters. The van der Waals surface area contributed by atoms with Crippen molar-refractivity contribution >= 4 is 23.5 Å². The van der Waals surface area contributed by atoms with Crippen molar-refractivity contribution in [2.75, 3.05) is 6.61 Å². The van der Waals surface area contributed by atoms with Crippen LogP contribution in [0.3, 0.4) is 0 Å². The fourth-order valence-electron chi connectivity index (χ4n) is 3.32. The molecule has 5 heteroatoms. The summed E-state index contributed by atoms with van der Waals surface area (Å²) in [6, 6.07) is 37.6. The molecule has 172 valence electrons. The first-order valence-corrected chi connectivity index (χ1v) is 11.4. The van der Waals surface area contributed by atoms with Crippen LogP contribution >= 0.6 is 0 Å². The van der Waals surface area contributed by atoms with Crippen LogP contribution in [0.2, 0.25) is 0 Å². The predicted molar refractivity (Wildman–Crippen MR) is 141 cm³/mol. The van der Waals surface area contributed by atoms with Gasteiger partial charge in [-0.25, -0.2) is 4.99 Å². The monoisotopic (exact) mass is 459 g/mol. The van der Waals surface area contributed by atoms with Gasteiger partial charge in [-0.3, -0.25) is 4.79 Å². The summed E-state index contributed by atoms with van der Waals surface area (Å²) in [6.07, 6.45) is 0. The summed E-state index contributed by atoms with van der Waals surface area (Å²) in [5.74, 6) is 0.725. The fraction of sp³-hybridized carbons (Fsp3) is 0.0667. The van der Waals surface area contributed by atoms with E-state index in [4.69, 9.17) is 14.7 Å². The number of nitrogens with zero attached hydrogens (tertiary/aromatic N) is 3. The van der Waals surface area contributed by atoms with Gasteiger partial charge in [0.15, 0.2) is 11.7 Å². The smallest absolute Gasteiger partial charge is 0.279 e. The van der Waals surface area contributed by atoms with E-state index in [0.29, 0.717) is 29.5 Å². The summed E-state index contributed by atoms with van der Waals surface area (Å²) in [7, 11) is 0. The molecule has 0 N–H and O–H groups in total. The maximum absolute atomic E-state index is 13.0. The number of rotatable bonds is 5. The van der Waals surface area contributed by atoms with E-state index in [-0.39, 0.29) is 11.7 Å². The summed E-state index contributed by atoms with van der Waals surface area (Å²) in [5, 5.41) is 0. The lowest BCUT2D eigenvalue weighted by Crippen LogP contribution is -2.13. The van der Waals surface area contributed by atoms with Crippen molar-refractivity contribution in [2.24, 2.45) is 15.0 Å². The van der Waals surface area contributed by atoms with Gasteiger partial charge in [-0.2, -0.15) is 9.98 Å². The van der Waals surface area contributed by atoms with E-state index in [1.54, 1.807) is 12.1 Å². The Labute approximate surface area is 205 Å². The van der Waals surface area contributed by atoms with Gasteiger partial charge in [-0.05, 0) is 31.2 Å². The Bertz CT molecular complexity index is 1330. The zero-order valence-electron chi connectivity index (χ0n) is 19.4. The molecule has 0 aliphatic rings. The SMILES string of the molecule is CCOC(=NC(=NC(=NC(=O)c1ccccc1)c1ccccc1)c1ccccc1)c1ccccc1. The summed E-state index contributed by atoms with van der Waals surface area (Å²) in [6.45, 7) is 2.36. The number of aliphatic imine (C=N–C) groups is 3. The van der Waals surface area contributed by atoms with Gasteiger partial charge in [0.25, 0.3) is 5.91 Å². The van der Waals surface area contributed by atoms with Crippen LogP contribution in [0.15, 0.2) is 136 Å². The summed E-state index contributed by atoms with van der Waals surface area (Å²) < 4.78 is 5.88. The van der Waals surface area contributed by atoms with Crippen molar-refractivity contribution in [2.45, 2.75) is 6.92 Å². The molecule has 0 heterocycles. The third-order valence-corrected chi connectivity index (χ3v) is 5.01. The van der Waals surface area contributed by atoms with Crippen LogP contribution in [0.4, 0.5) is 0 Å². The molecule has 0 saturated carbocycles. The molecule has 0 atom stereocenters. The lowest BCUT2D eigenvalue weighted by Gasteiger charge is -2.10. The van der Waals surface area contributed by atoms with Crippen LogP contribution < -0.4 is 0 Å². The van der Waals surface area contributed by atoms with Gasteiger partial charge in [0.2, 0.25) is 5.90 Å². The van der Waals surface area contributed by atoms with Crippen LogP contribution in [0.5, 0.6) is 0 Å². The number of amidine groups is 2. The Balaban J connectivity index is 1.88. The normalized spacial score (nSPS) is 12.3. The van der Waals surface area contributed by atoms with Crippen LogP contribution in [0.1, 0.15) is 34.0 Å². The zero-order chi connectivity index (χ0) is 24.3. The van der Waals surface area contributed by atoms with Crippen molar-refractivity contribution in [1.82, 2.24) is 0 Å². The van der Waals surface area contributed by atoms with Crippen molar-refractivity contribution in [1.29, 1.82) is 0 Å². The standard InChI is InChI=1S/C30H25N3O2/c1-2-35-30(26-21-13-6-14-22-26)33-28(24-17-9-4-10-18-24)31-27(23-15-7-3-8-16-23)32-29(34)25-19-11-5-12-20-25/h3-22H,2H2,1H3. The molecular weight excluding hydrogens is 434 g/mol.